The summed E-state index contributed by atoms with van der Waals surface area (Å²) in [5.41, 5.74) is -0.575. The van der Waals surface area contributed by atoms with Gasteiger partial charge in [-0.3, -0.25) is 10.1 Å². The van der Waals surface area contributed by atoms with Crippen molar-refractivity contribution in [3.8, 4) is 0 Å². The minimum absolute atomic E-state index is 0.0620. The van der Waals surface area contributed by atoms with Gasteiger partial charge < -0.3 is 29.0 Å². The van der Waals surface area contributed by atoms with E-state index in [1.807, 2.05) is 0 Å². The number of hydrogen-bond acceptors (Lipinski definition) is 10. The zero-order valence-corrected chi connectivity index (χ0v) is 26.0. The fourth-order valence-corrected chi connectivity index (χ4v) is 4.20. The smallest absolute Gasteiger partial charge is 0.434 e. The van der Waals surface area contributed by atoms with E-state index in [9.17, 15) is 76.8 Å². The molecule has 2 rings (SSSR count). The van der Waals surface area contributed by atoms with Crippen LogP contribution in [0, 0.1) is 10.1 Å². The van der Waals surface area contributed by atoms with Crippen LogP contribution < -0.4 is 5.32 Å². The van der Waals surface area contributed by atoms with Crippen LogP contribution in [-0.2, 0) is 23.7 Å². The lowest BCUT2D eigenvalue weighted by Gasteiger charge is -2.39. The van der Waals surface area contributed by atoms with Crippen LogP contribution in [0.4, 0.5) is 72.4 Å². The minimum Gasteiger partial charge on any atom is -0.434 e. The first-order valence-corrected chi connectivity index (χ1v) is 13.7. The first-order valence-electron chi connectivity index (χ1n) is 13.7. The van der Waals surface area contributed by atoms with Crippen molar-refractivity contribution in [2.45, 2.75) is 68.4 Å². The number of ether oxygens (including phenoxy) is 5. The van der Waals surface area contributed by atoms with Gasteiger partial charge in [-0.1, -0.05) is 12.1 Å². The molecule has 1 aliphatic rings. The average molecular weight is 768 g/mol. The molecule has 0 saturated heterocycles. The van der Waals surface area contributed by atoms with E-state index in [1.54, 1.807) is 0 Å². The highest BCUT2D eigenvalue weighted by molar-refractivity contribution is 5.65. The number of dihydropyridines is 1. The number of methoxy groups -OCH3 is 1. The van der Waals surface area contributed by atoms with Gasteiger partial charge in [-0.15, -0.1) is 0 Å². The summed E-state index contributed by atoms with van der Waals surface area (Å²) in [5.74, 6) is -40.2. The van der Waals surface area contributed by atoms with E-state index < -0.39 is 89.8 Å². The molecule has 1 aromatic rings. The van der Waals surface area contributed by atoms with E-state index in [0.29, 0.717) is 0 Å². The van der Waals surface area contributed by atoms with Crippen molar-refractivity contribution in [3.05, 3.63) is 62.9 Å². The van der Waals surface area contributed by atoms with Crippen LogP contribution in [0.2, 0.25) is 0 Å². The summed E-state index contributed by atoms with van der Waals surface area (Å²) in [5, 5.41) is 14.0. The summed E-state index contributed by atoms with van der Waals surface area (Å²) in [7, 11) is 1.29. The van der Waals surface area contributed by atoms with Gasteiger partial charge in [0.25, 0.3) is 5.69 Å². The van der Waals surface area contributed by atoms with Crippen LogP contribution >= 0.6 is 0 Å². The number of nitro groups is 1. The molecule has 1 unspecified atom stereocenters. The normalized spacial score (nSPS) is 16.4. The number of allylic oxidation sites excluding steroid dienone is 2. The molecule has 1 heterocycles. The lowest BCUT2D eigenvalue weighted by molar-refractivity contribution is -0.440. The predicted octanol–water partition coefficient (Wildman–Crippen LogP) is 8.22. The molecule has 1 aromatic carbocycles. The van der Waals surface area contributed by atoms with Gasteiger partial charge in [0.15, 0.2) is 0 Å². The van der Waals surface area contributed by atoms with Crippen molar-refractivity contribution in [1.29, 1.82) is 0 Å². The topological polar surface area (TPSA) is 135 Å². The third kappa shape index (κ3) is 8.69. The number of nitro benzene ring substituents is 1. The summed E-state index contributed by atoms with van der Waals surface area (Å²) in [6.07, 6.45) is -15.0. The minimum atomic E-state index is -8.06. The van der Waals surface area contributed by atoms with Crippen LogP contribution in [0.1, 0.15) is 38.2 Å². The monoisotopic (exact) mass is 768 g/mol. The molecule has 0 amide bonds. The Labute approximate surface area is 277 Å². The van der Waals surface area contributed by atoms with Crippen molar-refractivity contribution >= 4 is 18.0 Å². The summed E-state index contributed by atoms with van der Waals surface area (Å²) >= 11 is 0. The molecule has 0 bridgehead atoms. The van der Waals surface area contributed by atoms with Gasteiger partial charge in [0.2, 0.25) is 0 Å². The lowest BCUT2D eigenvalue weighted by atomic mass is 9.90. The summed E-state index contributed by atoms with van der Waals surface area (Å²) in [6.45, 7) is 0.791. The van der Waals surface area contributed by atoms with Gasteiger partial charge in [0.05, 0.1) is 29.5 Å². The second-order valence-electron chi connectivity index (χ2n) is 10.4. The molecule has 0 saturated carbocycles. The number of nitrogens with zero attached hydrogens (tertiary/aromatic N) is 1. The quantitative estimate of drug-likeness (QED) is 0.0612. The molecule has 0 spiro atoms. The number of carbonyl (C=O) groups is 2. The SMILES string of the molecule is COCCOC(=O)OC1=C(C)NC(C)=C(OC(=O)OCCCC(F)(F)C(F)(F)C(F)(F)C(F)(F)C(F)(F)C(F)(F)F)C1c1cccc([N+](=O)[O-])c1. The van der Waals surface area contributed by atoms with Crippen molar-refractivity contribution < 1.29 is 95.3 Å². The number of hydrogen-bond donors (Lipinski definition) is 1. The molecule has 1 N–H and O–H groups in total. The number of benzene rings is 1. The highest BCUT2D eigenvalue weighted by Crippen LogP contribution is 2.60. The van der Waals surface area contributed by atoms with E-state index in [2.05, 4.69) is 10.1 Å². The van der Waals surface area contributed by atoms with Gasteiger partial charge in [-0.2, -0.15) is 57.1 Å². The molecule has 51 heavy (non-hydrogen) atoms. The van der Waals surface area contributed by atoms with Gasteiger partial charge in [-0.05, 0) is 25.8 Å². The standard InChI is InChI=1S/C27H25F13N2O9/c1-13-18(17(15-6-4-7-16(12-15)42(45)46)19(14(2)41-13)51-21(44)49-11-10-47-3)50-20(43)48-9-5-8-22(28,29)23(30,31)24(32,33)25(34,35)26(36,37)27(38,39)40/h4,6-7,12,17,41H,5,8-11H2,1-3H3. The van der Waals surface area contributed by atoms with Crippen LogP contribution in [-0.4, -0.2) is 80.0 Å². The Bertz CT molecular complexity index is 1530. The predicted molar refractivity (Wildman–Crippen MR) is 141 cm³/mol. The number of alkyl halides is 13. The van der Waals surface area contributed by atoms with Crippen molar-refractivity contribution in [2.75, 3.05) is 26.9 Å². The second-order valence-corrected chi connectivity index (χ2v) is 10.4. The van der Waals surface area contributed by atoms with Gasteiger partial charge in [-0.25, -0.2) is 9.59 Å². The zero-order valence-electron chi connectivity index (χ0n) is 26.0. The van der Waals surface area contributed by atoms with Crippen LogP contribution in [0.25, 0.3) is 0 Å². The molecule has 288 valence electrons. The highest BCUT2D eigenvalue weighted by atomic mass is 19.4. The van der Waals surface area contributed by atoms with Gasteiger partial charge in [0, 0.05) is 25.7 Å². The fraction of sp³-hybridized carbons (Fsp3) is 0.556. The van der Waals surface area contributed by atoms with Crippen LogP contribution in [0.5, 0.6) is 0 Å². The van der Waals surface area contributed by atoms with Gasteiger partial charge >= 0.3 is 48.1 Å². The Morgan fingerprint density at radius 1 is 0.765 bits per heavy atom. The van der Waals surface area contributed by atoms with Crippen molar-refractivity contribution in [3.63, 3.8) is 0 Å². The Kier molecular flexibility index (Phi) is 12.9. The van der Waals surface area contributed by atoms with E-state index in [0.717, 1.165) is 12.1 Å². The molecular weight excluding hydrogens is 743 g/mol. The van der Waals surface area contributed by atoms with Crippen molar-refractivity contribution in [2.24, 2.45) is 0 Å². The summed E-state index contributed by atoms with van der Waals surface area (Å²) in [4.78, 5) is 35.4. The fourth-order valence-electron chi connectivity index (χ4n) is 4.20. The van der Waals surface area contributed by atoms with Crippen LogP contribution in [0.15, 0.2) is 47.2 Å². The third-order valence-electron chi connectivity index (χ3n) is 6.80. The first kappa shape index (κ1) is 42.7. The molecule has 0 aromatic heterocycles. The molecular formula is C27H25F13N2O9. The van der Waals surface area contributed by atoms with E-state index in [4.69, 9.17) is 18.9 Å². The Hall–Kier alpha value is -4.51. The van der Waals surface area contributed by atoms with Gasteiger partial charge in [0.1, 0.15) is 24.0 Å². The molecule has 11 nitrogen and oxygen atoms in total. The maximum absolute atomic E-state index is 14.1. The van der Waals surface area contributed by atoms with Crippen molar-refractivity contribution in [1.82, 2.24) is 5.32 Å². The summed E-state index contributed by atoms with van der Waals surface area (Å²) in [6, 6.07) is 4.47. The Morgan fingerprint density at radius 3 is 1.73 bits per heavy atom. The molecule has 0 radical (unpaired) electrons. The summed E-state index contributed by atoms with van der Waals surface area (Å²) < 4.78 is 197. The molecule has 0 aliphatic carbocycles. The highest BCUT2D eigenvalue weighted by Gasteiger charge is 2.90. The maximum Gasteiger partial charge on any atom is 0.513 e. The lowest BCUT2D eigenvalue weighted by Crippen LogP contribution is -2.70. The zero-order chi connectivity index (χ0) is 39.4. The van der Waals surface area contributed by atoms with E-state index in [1.165, 1.54) is 33.1 Å². The number of non-ortho nitro benzene ring substituents is 1. The molecule has 1 atom stereocenters. The largest absolute Gasteiger partial charge is 0.513 e. The van der Waals surface area contributed by atoms with E-state index in [-0.39, 0.29) is 35.9 Å². The molecule has 0 fully saturated rings. The second kappa shape index (κ2) is 15.4. The average Bonchev–Trinajstić information content (AvgIpc) is 3.01. The Balaban J connectivity index is 2.27. The molecule has 24 heteroatoms. The number of carbonyl (C=O) groups excluding carboxylic acids is 2. The maximum atomic E-state index is 14.1. The van der Waals surface area contributed by atoms with Crippen LogP contribution in [0.3, 0.4) is 0 Å². The van der Waals surface area contributed by atoms with E-state index >= 15 is 0 Å². The third-order valence-corrected chi connectivity index (χ3v) is 6.80. The molecule has 1 aliphatic heterocycles. The number of nitrogens with one attached hydrogen (secondary N) is 1. The number of halogens is 13. The first-order chi connectivity index (χ1) is 23.2. The number of rotatable bonds is 15. The Morgan fingerprint density at radius 2 is 1.25 bits per heavy atom.